The van der Waals surface area contributed by atoms with Crippen LogP contribution < -0.4 is 19.7 Å². The van der Waals surface area contributed by atoms with Gasteiger partial charge in [0.25, 0.3) is 0 Å². The first-order valence-electron chi connectivity index (χ1n) is 9.80. The van der Waals surface area contributed by atoms with Crippen molar-refractivity contribution in [2.45, 2.75) is 0 Å². The zero-order valence-electron chi connectivity index (χ0n) is 19.0. The van der Waals surface area contributed by atoms with Crippen molar-refractivity contribution in [1.29, 1.82) is 0 Å². The molecular formula is C23H24BNO9. The highest BCUT2D eigenvalue weighted by Crippen LogP contribution is 2.34. The topological polar surface area (TPSA) is 145 Å². The van der Waals surface area contributed by atoms with Crippen molar-refractivity contribution in [3.05, 3.63) is 65.9 Å². The minimum absolute atomic E-state index is 0.162. The van der Waals surface area contributed by atoms with Crippen LogP contribution in [0.1, 0.15) is 20.7 Å². The third-order valence-electron chi connectivity index (χ3n) is 4.63. The van der Waals surface area contributed by atoms with Gasteiger partial charge in [-0.2, -0.15) is 0 Å². The van der Waals surface area contributed by atoms with Crippen LogP contribution in [-0.2, 0) is 4.74 Å². The van der Waals surface area contributed by atoms with Gasteiger partial charge in [-0.1, -0.05) is 6.07 Å². The highest BCUT2D eigenvalue weighted by molar-refractivity contribution is 6.59. The zero-order valence-corrected chi connectivity index (χ0v) is 19.0. The number of methoxy groups -OCH3 is 4. The minimum atomic E-state index is -1.63. The lowest BCUT2D eigenvalue weighted by molar-refractivity contribution is 0.0599. The second-order valence-electron chi connectivity index (χ2n) is 6.60. The van der Waals surface area contributed by atoms with Crippen LogP contribution in [0.25, 0.3) is 11.3 Å². The highest BCUT2D eigenvalue weighted by atomic mass is 16.5. The molecule has 0 fully saturated rings. The Morgan fingerprint density at radius 3 is 2.00 bits per heavy atom. The molecule has 1 aromatic heterocycles. The van der Waals surface area contributed by atoms with Gasteiger partial charge in [0.2, 0.25) is 0 Å². The molecule has 0 saturated heterocycles. The van der Waals surface area contributed by atoms with E-state index in [1.54, 1.807) is 31.5 Å². The Morgan fingerprint density at radius 1 is 0.824 bits per heavy atom. The van der Waals surface area contributed by atoms with Gasteiger partial charge in [-0.05, 0) is 42.5 Å². The van der Waals surface area contributed by atoms with Gasteiger partial charge in [0.05, 0.1) is 39.6 Å². The summed E-state index contributed by atoms with van der Waals surface area (Å²) >= 11 is 0. The maximum Gasteiger partial charge on any atom is 0.492 e. The van der Waals surface area contributed by atoms with Gasteiger partial charge >= 0.3 is 19.1 Å². The Morgan fingerprint density at radius 2 is 1.44 bits per heavy atom. The number of ether oxygens (including phenoxy) is 4. The first-order chi connectivity index (χ1) is 16.3. The standard InChI is InChI=1S/C14H13NO4.C9H11BO5/c1-18-11-4-3-7-15-13(11)10-6-5-9(14(16)17)8-12(10)19-2;1-14-8-5-6(9(11)15-2)3-4-7(8)10(12)13/h3-8H,1-2H3,(H,16,17);3-5,12-13H,1-2H3. The zero-order chi connectivity index (χ0) is 25.3. The molecule has 0 spiro atoms. The molecule has 1 heterocycles. The van der Waals surface area contributed by atoms with Crippen LogP contribution in [0.3, 0.4) is 0 Å². The average Bonchev–Trinajstić information content (AvgIpc) is 2.87. The number of benzene rings is 2. The summed E-state index contributed by atoms with van der Waals surface area (Å²) in [7, 11) is 4.05. The van der Waals surface area contributed by atoms with E-state index in [1.165, 1.54) is 51.7 Å². The summed E-state index contributed by atoms with van der Waals surface area (Å²) in [6, 6.07) is 12.4. The number of carbonyl (C=O) groups is 2. The molecule has 0 aliphatic rings. The molecular weight excluding hydrogens is 445 g/mol. The van der Waals surface area contributed by atoms with Gasteiger partial charge in [0.1, 0.15) is 22.9 Å². The maximum atomic E-state index is 11.2. The quantitative estimate of drug-likeness (QED) is 0.345. The van der Waals surface area contributed by atoms with Crippen LogP contribution in [-0.4, -0.2) is 67.6 Å². The van der Waals surface area contributed by atoms with Crippen LogP contribution in [0.15, 0.2) is 54.7 Å². The highest BCUT2D eigenvalue weighted by Gasteiger charge is 2.19. The van der Waals surface area contributed by atoms with Crippen molar-refractivity contribution in [3.63, 3.8) is 0 Å². The molecule has 0 radical (unpaired) electrons. The Balaban J connectivity index is 0.000000248. The number of hydrogen-bond donors (Lipinski definition) is 3. The van der Waals surface area contributed by atoms with Crippen molar-refractivity contribution < 1.29 is 43.7 Å². The molecule has 0 amide bonds. The number of esters is 1. The predicted octanol–water partition coefficient (Wildman–Crippen LogP) is 1.63. The van der Waals surface area contributed by atoms with Crippen molar-refractivity contribution in [2.24, 2.45) is 0 Å². The lowest BCUT2D eigenvalue weighted by atomic mass is 9.79. The van der Waals surface area contributed by atoms with Crippen LogP contribution in [0.5, 0.6) is 17.2 Å². The summed E-state index contributed by atoms with van der Waals surface area (Å²) in [6.07, 6.45) is 1.64. The molecule has 0 aliphatic carbocycles. The van der Waals surface area contributed by atoms with Gasteiger partial charge in [-0.3, -0.25) is 4.98 Å². The van der Waals surface area contributed by atoms with Crippen molar-refractivity contribution >= 4 is 24.5 Å². The molecule has 11 heteroatoms. The van der Waals surface area contributed by atoms with Gasteiger partial charge < -0.3 is 34.1 Å². The van der Waals surface area contributed by atoms with E-state index in [2.05, 4.69) is 9.72 Å². The number of aromatic carboxylic acids is 1. The van der Waals surface area contributed by atoms with E-state index in [0.29, 0.717) is 28.3 Å². The molecule has 10 nitrogen and oxygen atoms in total. The van der Waals surface area contributed by atoms with E-state index in [-0.39, 0.29) is 16.8 Å². The largest absolute Gasteiger partial charge is 0.497 e. The summed E-state index contributed by atoms with van der Waals surface area (Å²) in [5.74, 6) is -0.237. The maximum absolute atomic E-state index is 11.2. The first-order valence-corrected chi connectivity index (χ1v) is 9.80. The number of carboxylic acid groups (broad SMARTS) is 1. The van der Waals surface area contributed by atoms with Crippen molar-refractivity contribution in [1.82, 2.24) is 4.98 Å². The van der Waals surface area contributed by atoms with E-state index in [1.807, 2.05) is 0 Å². The third-order valence-corrected chi connectivity index (χ3v) is 4.63. The fraction of sp³-hybridized carbons (Fsp3) is 0.174. The predicted molar refractivity (Wildman–Crippen MR) is 124 cm³/mol. The number of rotatable bonds is 7. The lowest BCUT2D eigenvalue weighted by Crippen LogP contribution is -2.31. The molecule has 0 saturated carbocycles. The summed E-state index contributed by atoms with van der Waals surface area (Å²) in [4.78, 5) is 26.4. The number of carbonyl (C=O) groups excluding carboxylic acids is 1. The number of nitrogens with zero attached hydrogens (tertiary/aromatic N) is 1. The average molecular weight is 469 g/mol. The fourth-order valence-corrected chi connectivity index (χ4v) is 2.95. The number of aromatic nitrogens is 1. The summed E-state index contributed by atoms with van der Waals surface area (Å²) in [6.45, 7) is 0. The Kier molecular flexibility index (Phi) is 9.42. The van der Waals surface area contributed by atoms with Crippen LogP contribution >= 0.6 is 0 Å². The van der Waals surface area contributed by atoms with E-state index >= 15 is 0 Å². The third kappa shape index (κ3) is 6.24. The molecule has 0 atom stereocenters. The molecule has 34 heavy (non-hydrogen) atoms. The number of hydrogen-bond acceptors (Lipinski definition) is 9. The molecule has 3 N–H and O–H groups in total. The molecule has 3 aromatic rings. The minimum Gasteiger partial charge on any atom is -0.497 e. The Hall–Kier alpha value is -4.09. The molecule has 0 bridgehead atoms. The van der Waals surface area contributed by atoms with Gasteiger partial charge in [-0.15, -0.1) is 0 Å². The summed E-state index contributed by atoms with van der Waals surface area (Å²) < 4.78 is 19.9. The van der Waals surface area contributed by atoms with Gasteiger partial charge in [-0.25, -0.2) is 9.59 Å². The molecule has 3 rings (SSSR count). The van der Waals surface area contributed by atoms with E-state index < -0.39 is 19.1 Å². The van der Waals surface area contributed by atoms with Crippen molar-refractivity contribution in [3.8, 4) is 28.5 Å². The second kappa shape index (κ2) is 12.2. The lowest BCUT2D eigenvalue weighted by Gasteiger charge is -2.11. The van der Waals surface area contributed by atoms with Gasteiger partial charge in [0.15, 0.2) is 0 Å². The van der Waals surface area contributed by atoms with Crippen LogP contribution in [0.2, 0.25) is 0 Å². The van der Waals surface area contributed by atoms with E-state index in [9.17, 15) is 9.59 Å². The fourth-order valence-electron chi connectivity index (χ4n) is 2.95. The van der Waals surface area contributed by atoms with E-state index in [4.69, 9.17) is 29.4 Å². The molecule has 0 aliphatic heterocycles. The monoisotopic (exact) mass is 469 g/mol. The number of pyridine rings is 1. The van der Waals surface area contributed by atoms with E-state index in [0.717, 1.165) is 0 Å². The SMILES string of the molecule is COC(=O)c1ccc(B(O)O)c(OC)c1.COc1cc(C(=O)O)ccc1-c1ncccc1OC. The smallest absolute Gasteiger partial charge is 0.492 e. The first kappa shape index (κ1) is 26.2. The number of carboxylic acids is 1. The Labute approximate surface area is 196 Å². The molecule has 178 valence electrons. The Bertz CT molecular complexity index is 1150. The van der Waals surface area contributed by atoms with Gasteiger partial charge in [0, 0.05) is 17.2 Å². The van der Waals surface area contributed by atoms with Crippen molar-refractivity contribution in [2.75, 3.05) is 28.4 Å². The van der Waals surface area contributed by atoms with Crippen LogP contribution in [0, 0.1) is 0 Å². The summed E-state index contributed by atoms with van der Waals surface area (Å²) in [5, 5.41) is 26.9. The normalized spacial score (nSPS) is 9.82. The van der Waals surface area contributed by atoms with Crippen LogP contribution in [0.4, 0.5) is 0 Å². The molecule has 0 unspecified atom stereocenters. The molecule has 2 aromatic carbocycles. The summed E-state index contributed by atoms with van der Waals surface area (Å²) in [5.41, 5.74) is 1.95. The second-order valence-corrected chi connectivity index (χ2v) is 6.60.